The van der Waals surface area contributed by atoms with Crippen LogP contribution in [0.15, 0.2) is 300 Å². The van der Waals surface area contributed by atoms with Gasteiger partial charge in [0.1, 0.15) is 17.2 Å². The first kappa shape index (κ1) is 99.1. The van der Waals surface area contributed by atoms with E-state index in [1.165, 1.54) is 89.4 Å². The summed E-state index contributed by atoms with van der Waals surface area (Å²) in [5.41, 5.74) is 4.24. The second kappa shape index (κ2) is 65.1. The highest BCUT2D eigenvalue weighted by Gasteiger charge is 2.17. The minimum Gasteiger partial charge on any atom is -0.494 e. The molecule has 6 rings (SSSR count). The van der Waals surface area contributed by atoms with Crippen molar-refractivity contribution in [2.45, 2.75) is 175 Å². The third-order valence-corrected chi connectivity index (χ3v) is 17.1. The molecule has 0 spiro atoms. The lowest BCUT2D eigenvalue weighted by Gasteiger charge is -2.13. The molecule has 0 aromatic heterocycles. The lowest BCUT2D eigenvalue weighted by Crippen LogP contribution is -2.00. The van der Waals surface area contributed by atoms with Crippen molar-refractivity contribution >= 4 is 58.2 Å². The van der Waals surface area contributed by atoms with E-state index in [9.17, 15) is 26.3 Å². The summed E-state index contributed by atoms with van der Waals surface area (Å²) in [5, 5.41) is 186. The maximum Gasteiger partial charge on any atom is 0.161 e. The molecule has 1 aliphatic carbocycles. The molecule has 0 unspecified atom stereocenters. The van der Waals surface area contributed by atoms with Gasteiger partial charge in [-0.3, -0.25) is 0 Å². The fourth-order valence-corrected chi connectivity index (χ4v) is 11.5. The lowest BCUT2D eigenvalue weighted by atomic mass is 9.96. The standard InChI is InChI=1S/C77H89N45O5/c1-6-9-12-15-18-21-24-27-30-123-73-43-58-33-63(48-73)68(53-78)39-59-34-65(50-74(44-59)124-31-28-25-22-19-16-13-10-7-2)70(55-80)41-61-36-67(52-76(46-61)126-121-119-117-115-113-111-109-107-105-103-101-99-97-95-93-91-89-87-85-83-4)72(57-82)42-62-37-66(51-77(47-62)127-122-120-118-116-114-112-110-108-106-104-102-100-98-96-94-92-90-88-86-84-5)71(56-81)40-60-35-64(69(38-58)54-79)49-75(45-60)125-32-29-26-23-20-17-14-11-8-3/h33-52H,6-32H2,1-5H3/b68-39+,69-38+,70-41+,71-40+,72-42+,85-83?,86-84?,89-87?,90-88?,93-91?,94-92?,97-95?,98-96?,101-99?,102-100?,105-103?,106-104?,109-107?,110-108?,113-111?,114-112?,117-115?,118-116?,121-119?,122-120?. The zero-order valence-electron chi connectivity index (χ0n) is 70.3. The summed E-state index contributed by atoms with van der Waals surface area (Å²) in [7, 11) is 2.75. The molecule has 50 nitrogen and oxygen atoms in total. The number of unbranched alkanes of at least 4 members (excludes halogenated alkanes) is 21. The van der Waals surface area contributed by atoms with Crippen molar-refractivity contribution in [3.63, 3.8) is 0 Å². The molecule has 0 radical (unpaired) electrons. The summed E-state index contributed by atoms with van der Waals surface area (Å²) in [6.45, 7) is 7.66. The van der Waals surface area contributed by atoms with Crippen LogP contribution in [0.3, 0.4) is 0 Å². The highest BCUT2D eigenvalue weighted by molar-refractivity contribution is 5.98. The zero-order chi connectivity index (χ0) is 90.1. The van der Waals surface area contributed by atoms with Crippen molar-refractivity contribution in [1.29, 1.82) is 26.3 Å². The number of nitrogens with zero attached hydrogens (tertiary/aromatic N) is 45. The Morgan fingerprint density at radius 3 is 0.575 bits per heavy atom. The summed E-state index contributed by atoms with van der Waals surface area (Å²) in [4.78, 5) is 11.5. The summed E-state index contributed by atoms with van der Waals surface area (Å²) >= 11 is 0. The molecular formula is C77H89N45O5. The Morgan fingerprint density at radius 1 is 0.205 bits per heavy atom. The van der Waals surface area contributed by atoms with E-state index in [0.29, 0.717) is 70.4 Å². The third kappa shape index (κ3) is 43.4. The van der Waals surface area contributed by atoms with Crippen LogP contribution in [0, 0.1) is 56.7 Å². The number of hydrogen-bond donors (Lipinski definition) is 0. The predicted octanol–water partition coefficient (Wildman–Crippen LogP) is 28.2. The minimum atomic E-state index is -0.0497. The fraction of sp³-hybridized carbons (Fsp3) is 0.416. The molecule has 10 bridgehead atoms. The largest absolute Gasteiger partial charge is 0.494 e. The molecule has 5 aromatic carbocycles. The quantitative estimate of drug-likeness (QED) is 0.0201. The van der Waals surface area contributed by atoms with Crippen molar-refractivity contribution in [2.24, 2.45) is 209 Å². The molecular weight excluding hydrogens is 1640 g/mol. The summed E-state index contributed by atoms with van der Waals surface area (Å²) < 4.78 is 19.6. The molecule has 0 saturated heterocycles. The number of hydrogen-bond acceptors (Lipinski definition) is 14. The Morgan fingerprint density at radius 2 is 0.378 bits per heavy atom. The maximum atomic E-state index is 11.3. The van der Waals surface area contributed by atoms with E-state index >= 15 is 0 Å². The Balaban J connectivity index is 1.54. The molecule has 652 valence electrons. The van der Waals surface area contributed by atoms with Crippen molar-refractivity contribution in [1.82, 2.24) is 0 Å². The normalized spacial score (nSPS) is 15.4. The zero-order valence-corrected chi connectivity index (χ0v) is 70.3. The summed E-state index contributed by atoms with van der Waals surface area (Å²) in [6.07, 6.45) is 33.7. The average Bonchev–Trinajstić information content (AvgIpc) is 1.18. The van der Waals surface area contributed by atoms with Gasteiger partial charge in [-0.2, -0.15) is 36.5 Å². The summed E-state index contributed by atoms with van der Waals surface area (Å²) in [5.74, 6) is 1.18. The first-order valence-corrected chi connectivity index (χ1v) is 40.0. The van der Waals surface area contributed by atoms with Gasteiger partial charge in [-0.25, -0.2) is 0 Å². The van der Waals surface area contributed by atoms with Gasteiger partial charge in [0, 0.05) is 104 Å². The van der Waals surface area contributed by atoms with E-state index in [1.54, 1.807) is 85.0 Å². The van der Waals surface area contributed by atoms with Crippen LogP contribution in [0.25, 0.3) is 58.2 Å². The maximum absolute atomic E-state index is 11.3. The van der Waals surface area contributed by atoms with Gasteiger partial charge < -0.3 is 23.9 Å². The van der Waals surface area contributed by atoms with Crippen LogP contribution in [-0.2, 0) is 0 Å². The molecule has 50 heteroatoms. The van der Waals surface area contributed by atoms with E-state index in [2.05, 4.69) is 260 Å². The van der Waals surface area contributed by atoms with Crippen molar-refractivity contribution in [2.75, 3.05) is 33.9 Å². The van der Waals surface area contributed by atoms with Crippen LogP contribution < -0.4 is 23.9 Å². The molecule has 0 saturated carbocycles. The fourth-order valence-electron chi connectivity index (χ4n) is 11.5. The van der Waals surface area contributed by atoms with Crippen molar-refractivity contribution in [3.05, 3.63) is 147 Å². The smallest absolute Gasteiger partial charge is 0.161 e. The van der Waals surface area contributed by atoms with Crippen LogP contribution in [-0.4, -0.2) is 33.9 Å². The van der Waals surface area contributed by atoms with E-state index in [-0.39, 0.29) is 61.6 Å². The minimum absolute atomic E-state index is 0.0285. The Labute approximate surface area is 728 Å². The molecule has 0 amide bonds. The number of rotatable bonds is 52. The topological polar surface area (TPSA) is 660 Å². The second-order valence-electron chi connectivity index (χ2n) is 26.2. The van der Waals surface area contributed by atoms with Crippen LogP contribution in [0.4, 0.5) is 0 Å². The van der Waals surface area contributed by atoms with E-state index < -0.39 is 0 Å². The Bertz CT molecular complexity index is 5220. The van der Waals surface area contributed by atoms with Gasteiger partial charge in [0.25, 0.3) is 0 Å². The molecule has 0 N–H and O–H groups in total. The second-order valence-corrected chi connectivity index (χ2v) is 26.2. The Kier molecular flexibility index (Phi) is 50.8. The van der Waals surface area contributed by atoms with E-state index in [1.807, 2.05) is 6.07 Å². The molecule has 0 fully saturated rings. The lowest BCUT2D eigenvalue weighted by molar-refractivity contribution is 0.303. The molecule has 0 heterocycles. The van der Waals surface area contributed by atoms with Gasteiger partial charge in [0.2, 0.25) is 0 Å². The third-order valence-electron chi connectivity index (χ3n) is 17.1. The van der Waals surface area contributed by atoms with E-state index in [0.717, 1.165) is 109 Å². The highest BCUT2D eigenvalue weighted by atomic mass is 16.6. The highest BCUT2D eigenvalue weighted by Crippen LogP contribution is 2.36. The monoisotopic (exact) mass is 1720 g/mol. The van der Waals surface area contributed by atoms with Gasteiger partial charge in [-0.1, -0.05) is 156 Å². The SMILES string of the molecule is CCCCCCCCCCOc1cc2cc(c1)/C(C#N)=C/c1cc(OCCCCCCCCCC)cc(c1)/C(C#N)=C/c1cc(ON=NN=NN=NN=NN=NN=NN=NN=NN=NN=NC)cc(c1)/C(C#N)=C/c1cc(ON=NN=NN=NN=NN=NN=NN=NN=NN=NN=NC)cc(c1)/C(C#N)=C/c1cc(OCCCCCCCCCC)cc(c1)/C(C#N)=C/2. The van der Waals surface area contributed by atoms with Gasteiger partial charge >= 0.3 is 0 Å². The number of ether oxygens (including phenoxy) is 3. The Hall–Kier alpha value is -16.7. The number of benzene rings is 5. The average molecular weight is 1720 g/mol. The van der Waals surface area contributed by atoms with Gasteiger partial charge in [0.15, 0.2) is 11.5 Å². The van der Waals surface area contributed by atoms with Gasteiger partial charge in [-0.15, -0.1) is 0 Å². The van der Waals surface area contributed by atoms with Crippen LogP contribution in [0.5, 0.6) is 28.7 Å². The molecule has 0 aliphatic heterocycles. The van der Waals surface area contributed by atoms with E-state index in [4.69, 9.17) is 23.9 Å². The number of allylic oxidation sites excluding steroid dienone is 5. The van der Waals surface area contributed by atoms with Crippen LogP contribution in [0.2, 0.25) is 0 Å². The van der Waals surface area contributed by atoms with Gasteiger partial charge in [0.05, 0.1) is 103 Å². The van der Waals surface area contributed by atoms with Gasteiger partial charge in [-0.05, 0) is 280 Å². The predicted molar refractivity (Wildman–Crippen MR) is 454 cm³/mol. The van der Waals surface area contributed by atoms with Crippen molar-refractivity contribution < 1.29 is 23.9 Å². The molecule has 1 aliphatic rings. The van der Waals surface area contributed by atoms with Crippen molar-refractivity contribution in [3.8, 4) is 59.1 Å². The first-order chi connectivity index (χ1) is 62.7. The van der Waals surface area contributed by atoms with Crippen LogP contribution in [0.1, 0.15) is 231 Å². The summed E-state index contributed by atoms with van der Waals surface area (Å²) in [6, 6.07) is 36.9. The molecule has 5 aromatic rings. The number of fused-ring (bicyclic) bond motifs is 10. The first-order valence-electron chi connectivity index (χ1n) is 40.0. The van der Waals surface area contributed by atoms with Crippen LogP contribution >= 0.6 is 0 Å². The molecule has 127 heavy (non-hydrogen) atoms. The molecule has 0 atom stereocenters. The number of nitriles is 5.